The molecule has 0 amide bonds. The Hall–Kier alpha value is -1.86. The lowest BCUT2D eigenvalue weighted by Crippen LogP contribution is -2.48. The summed E-state index contributed by atoms with van der Waals surface area (Å²) in [5.74, 6) is 0.498. The second kappa shape index (κ2) is 7.24. The summed E-state index contributed by atoms with van der Waals surface area (Å²) in [4.78, 5) is 4.30. The molecule has 0 aromatic heterocycles. The van der Waals surface area contributed by atoms with Crippen LogP contribution in [0, 0.1) is 5.82 Å². The Morgan fingerprint density at radius 2 is 2.00 bits per heavy atom. The van der Waals surface area contributed by atoms with E-state index in [0.717, 1.165) is 26.2 Å². The third-order valence-electron chi connectivity index (χ3n) is 3.63. The van der Waals surface area contributed by atoms with Gasteiger partial charge in [0.15, 0.2) is 5.84 Å². The maximum absolute atomic E-state index is 13.9. The van der Waals surface area contributed by atoms with Crippen molar-refractivity contribution < 1.29 is 14.3 Å². The number of nitrogens with two attached hydrogens (primary N) is 1. The van der Waals surface area contributed by atoms with Gasteiger partial charge in [-0.15, -0.1) is 0 Å². The van der Waals surface area contributed by atoms with Gasteiger partial charge in [0, 0.05) is 44.4 Å². The molecule has 6 nitrogen and oxygen atoms in total. The Balaban J connectivity index is 1.86. The first kappa shape index (κ1) is 15.5. The molecule has 1 saturated heterocycles. The predicted molar refractivity (Wildman–Crippen MR) is 78.1 cm³/mol. The molecule has 0 unspecified atom stereocenters. The second-order valence-corrected chi connectivity index (χ2v) is 5.10. The van der Waals surface area contributed by atoms with Gasteiger partial charge in [-0.2, -0.15) is 0 Å². The minimum atomic E-state index is -0.242. The Labute approximate surface area is 123 Å². The lowest BCUT2D eigenvalue weighted by Gasteiger charge is -2.34. The van der Waals surface area contributed by atoms with Crippen molar-refractivity contribution in [3.05, 3.63) is 29.6 Å². The Kier molecular flexibility index (Phi) is 5.35. The van der Waals surface area contributed by atoms with Crippen LogP contribution in [0.4, 0.5) is 4.39 Å². The summed E-state index contributed by atoms with van der Waals surface area (Å²) in [6.45, 7) is 4.31. The van der Waals surface area contributed by atoms with Crippen molar-refractivity contribution in [2.24, 2.45) is 10.9 Å². The predicted octanol–water partition coefficient (Wildman–Crippen LogP) is 0.698. The van der Waals surface area contributed by atoms with E-state index in [1.54, 1.807) is 12.1 Å². The number of hydrogen-bond donors (Lipinski definition) is 2. The molecule has 21 heavy (non-hydrogen) atoms. The number of rotatable bonds is 5. The number of hydrogen-bond acceptors (Lipinski definition) is 5. The van der Waals surface area contributed by atoms with Gasteiger partial charge < -0.3 is 15.7 Å². The van der Waals surface area contributed by atoms with Crippen molar-refractivity contribution in [2.45, 2.75) is 6.54 Å². The highest BCUT2D eigenvalue weighted by Crippen LogP contribution is 2.18. The van der Waals surface area contributed by atoms with Crippen molar-refractivity contribution in [1.82, 2.24) is 9.80 Å². The maximum Gasteiger partial charge on any atom is 0.153 e. The zero-order valence-corrected chi connectivity index (χ0v) is 12.1. The molecular formula is C14H21FN4O2. The number of piperazine rings is 1. The summed E-state index contributed by atoms with van der Waals surface area (Å²) in [7, 11) is 1.52. The van der Waals surface area contributed by atoms with Crippen molar-refractivity contribution in [1.29, 1.82) is 0 Å². The van der Waals surface area contributed by atoms with E-state index >= 15 is 0 Å². The SMILES string of the molecule is COc1ccc(CN2CCN(C/C(N)=N/O)CC2)c(F)c1. The van der Waals surface area contributed by atoms with Gasteiger partial charge in [-0.25, -0.2) is 4.39 Å². The molecular weight excluding hydrogens is 275 g/mol. The first-order valence-corrected chi connectivity index (χ1v) is 6.86. The monoisotopic (exact) mass is 296 g/mol. The smallest absolute Gasteiger partial charge is 0.153 e. The summed E-state index contributed by atoms with van der Waals surface area (Å²) in [6.07, 6.45) is 0. The molecule has 3 N–H and O–H groups in total. The van der Waals surface area contributed by atoms with Gasteiger partial charge in [0.1, 0.15) is 11.6 Å². The molecule has 1 fully saturated rings. The van der Waals surface area contributed by atoms with Crippen LogP contribution in [0.1, 0.15) is 5.56 Å². The van der Waals surface area contributed by atoms with Gasteiger partial charge in [0.05, 0.1) is 13.7 Å². The summed E-state index contributed by atoms with van der Waals surface area (Å²) in [6, 6.07) is 4.94. The molecule has 7 heteroatoms. The Bertz CT molecular complexity index is 502. The number of oxime groups is 1. The second-order valence-electron chi connectivity index (χ2n) is 5.10. The first-order chi connectivity index (χ1) is 10.1. The van der Waals surface area contributed by atoms with Gasteiger partial charge >= 0.3 is 0 Å². The number of ether oxygens (including phenoxy) is 1. The van der Waals surface area contributed by atoms with E-state index < -0.39 is 0 Å². The molecule has 0 spiro atoms. The molecule has 0 bridgehead atoms. The number of methoxy groups -OCH3 is 1. The average Bonchev–Trinajstić information content (AvgIpc) is 2.51. The number of amidine groups is 1. The third kappa shape index (κ3) is 4.30. The molecule has 0 aliphatic carbocycles. The molecule has 1 aromatic carbocycles. The molecule has 2 rings (SSSR count). The van der Waals surface area contributed by atoms with E-state index in [0.29, 0.717) is 24.4 Å². The fourth-order valence-electron chi connectivity index (χ4n) is 2.39. The lowest BCUT2D eigenvalue weighted by molar-refractivity contribution is 0.138. The van der Waals surface area contributed by atoms with Gasteiger partial charge in [0.2, 0.25) is 0 Å². The molecule has 1 heterocycles. The Morgan fingerprint density at radius 1 is 1.33 bits per heavy atom. The quantitative estimate of drug-likeness (QED) is 0.362. The van der Waals surface area contributed by atoms with Crippen molar-refractivity contribution in [3.63, 3.8) is 0 Å². The first-order valence-electron chi connectivity index (χ1n) is 6.86. The highest BCUT2D eigenvalue weighted by atomic mass is 19.1. The van der Waals surface area contributed by atoms with E-state index in [2.05, 4.69) is 15.0 Å². The summed E-state index contributed by atoms with van der Waals surface area (Å²) in [5.41, 5.74) is 6.16. The van der Waals surface area contributed by atoms with E-state index in [4.69, 9.17) is 15.7 Å². The van der Waals surface area contributed by atoms with Crippen LogP contribution in [0.15, 0.2) is 23.4 Å². The zero-order chi connectivity index (χ0) is 15.2. The number of benzene rings is 1. The Morgan fingerprint density at radius 3 is 2.57 bits per heavy atom. The molecule has 0 atom stereocenters. The van der Waals surface area contributed by atoms with Crippen LogP contribution in [0.2, 0.25) is 0 Å². The molecule has 0 saturated carbocycles. The minimum Gasteiger partial charge on any atom is -0.497 e. The van der Waals surface area contributed by atoms with Crippen LogP contribution in [-0.2, 0) is 6.54 Å². The summed E-state index contributed by atoms with van der Waals surface area (Å²) < 4.78 is 18.9. The molecule has 1 aliphatic rings. The van der Waals surface area contributed by atoms with Gasteiger partial charge in [-0.05, 0) is 6.07 Å². The zero-order valence-electron chi connectivity index (χ0n) is 12.1. The molecule has 1 aliphatic heterocycles. The van der Waals surface area contributed by atoms with E-state index in [1.165, 1.54) is 13.2 Å². The minimum absolute atomic E-state index is 0.213. The van der Waals surface area contributed by atoms with E-state index in [1.807, 2.05) is 0 Å². The summed E-state index contributed by atoms with van der Waals surface area (Å²) in [5, 5.41) is 11.5. The topological polar surface area (TPSA) is 74.3 Å². The molecule has 116 valence electrons. The van der Waals surface area contributed by atoms with Gasteiger partial charge in [-0.3, -0.25) is 9.80 Å². The standard InChI is InChI=1S/C14H21FN4O2/c1-21-12-3-2-11(13(15)8-12)9-18-4-6-19(7-5-18)10-14(16)17-20/h2-3,8,20H,4-7,9-10H2,1H3,(H2,16,17). The van der Waals surface area contributed by atoms with E-state index in [9.17, 15) is 4.39 Å². The van der Waals surface area contributed by atoms with Gasteiger partial charge in [-0.1, -0.05) is 11.2 Å². The van der Waals surface area contributed by atoms with Crippen LogP contribution in [0.25, 0.3) is 0 Å². The van der Waals surface area contributed by atoms with Crippen LogP contribution in [-0.4, -0.2) is 60.7 Å². The highest BCUT2D eigenvalue weighted by Gasteiger charge is 2.18. The van der Waals surface area contributed by atoms with Crippen LogP contribution >= 0.6 is 0 Å². The number of nitrogens with zero attached hydrogens (tertiary/aromatic N) is 3. The van der Waals surface area contributed by atoms with Gasteiger partial charge in [0.25, 0.3) is 0 Å². The van der Waals surface area contributed by atoms with Crippen LogP contribution < -0.4 is 10.5 Å². The normalized spacial score (nSPS) is 17.9. The van der Waals surface area contributed by atoms with Crippen LogP contribution in [0.5, 0.6) is 5.75 Å². The number of halogens is 1. The summed E-state index contributed by atoms with van der Waals surface area (Å²) >= 11 is 0. The van der Waals surface area contributed by atoms with Crippen molar-refractivity contribution in [3.8, 4) is 5.75 Å². The van der Waals surface area contributed by atoms with E-state index in [-0.39, 0.29) is 11.7 Å². The average molecular weight is 296 g/mol. The fourth-order valence-corrected chi connectivity index (χ4v) is 2.39. The molecule has 1 aromatic rings. The largest absolute Gasteiger partial charge is 0.497 e. The maximum atomic E-state index is 13.9. The van der Waals surface area contributed by atoms with Crippen molar-refractivity contribution in [2.75, 3.05) is 39.8 Å². The third-order valence-corrected chi connectivity index (χ3v) is 3.63. The fraction of sp³-hybridized carbons (Fsp3) is 0.500. The van der Waals surface area contributed by atoms with Crippen LogP contribution in [0.3, 0.4) is 0 Å². The lowest BCUT2D eigenvalue weighted by atomic mass is 10.1. The van der Waals surface area contributed by atoms with Crippen molar-refractivity contribution >= 4 is 5.84 Å². The highest BCUT2D eigenvalue weighted by molar-refractivity contribution is 5.81. The molecule has 0 radical (unpaired) electrons.